The van der Waals surface area contributed by atoms with E-state index in [-0.39, 0.29) is 5.76 Å². The first-order valence-corrected chi connectivity index (χ1v) is 9.84. The summed E-state index contributed by atoms with van der Waals surface area (Å²) in [6, 6.07) is 16.9. The third kappa shape index (κ3) is 4.54. The smallest absolute Gasteiger partial charge is 0.146 e. The minimum absolute atomic E-state index is 0.234. The third-order valence-electron chi connectivity index (χ3n) is 4.52. The van der Waals surface area contributed by atoms with Gasteiger partial charge in [0.05, 0.1) is 10.6 Å². The van der Waals surface area contributed by atoms with E-state index in [1.807, 2.05) is 0 Å². The van der Waals surface area contributed by atoms with Crippen molar-refractivity contribution in [3.8, 4) is 10.4 Å². The van der Waals surface area contributed by atoms with Crippen LogP contribution in [0.25, 0.3) is 10.4 Å². The molecule has 4 heteroatoms. The van der Waals surface area contributed by atoms with Gasteiger partial charge in [0.1, 0.15) is 5.15 Å². The van der Waals surface area contributed by atoms with Crippen molar-refractivity contribution in [3.63, 3.8) is 0 Å². The number of rotatable bonds is 7. The molecular weight excluding hydrogens is 362 g/mol. The van der Waals surface area contributed by atoms with E-state index in [0.29, 0.717) is 11.6 Å². The van der Waals surface area contributed by atoms with Crippen LogP contribution in [0.2, 0.25) is 5.15 Å². The number of nitrogens with zero attached hydrogens (tertiary/aromatic N) is 1. The van der Waals surface area contributed by atoms with Gasteiger partial charge in [-0.25, -0.2) is 0 Å². The van der Waals surface area contributed by atoms with Crippen molar-refractivity contribution >= 4 is 23.1 Å². The zero-order chi connectivity index (χ0) is 18.5. The molecule has 0 spiro atoms. The third-order valence-corrected chi connectivity index (χ3v) is 5.85. The molecule has 0 saturated heterocycles. The Morgan fingerprint density at radius 1 is 1.04 bits per heavy atom. The minimum Gasteiger partial charge on any atom is -0.513 e. The molecule has 26 heavy (non-hydrogen) atoms. The highest BCUT2D eigenvalue weighted by molar-refractivity contribution is 7.10. The number of hydrogen-bond acceptors (Lipinski definition) is 3. The van der Waals surface area contributed by atoms with E-state index >= 15 is 0 Å². The van der Waals surface area contributed by atoms with Gasteiger partial charge in [0.2, 0.25) is 0 Å². The second kappa shape index (κ2) is 8.52. The van der Waals surface area contributed by atoms with Gasteiger partial charge >= 0.3 is 0 Å². The van der Waals surface area contributed by atoms with Crippen LogP contribution in [0.5, 0.6) is 0 Å². The Hall–Kier alpha value is -2.10. The molecule has 2 nitrogen and oxygen atoms in total. The monoisotopic (exact) mass is 383 g/mol. The molecule has 1 N–H and O–H groups in total. The van der Waals surface area contributed by atoms with E-state index in [4.69, 9.17) is 11.6 Å². The van der Waals surface area contributed by atoms with E-state index in [1.165, 1.54) is 38.7 Å². The fourth-order valence-corrected chi connectivity index (χ4v) is 4.24. The molecule has 134 valence electrons. The lowest BCUT2D eigenvalue weighted by Crippen LogP contribution is -1.94. The van der Waals surface area contributed by atoms with Crippen molar-refractivity contribution in [1.29, 1.82) is 0 Å². The Balaban J connectivity index is 1.72. The Bertz CT molecular complexity index is 899. The summed E-state index contributed by atoms with van der Waals surface area (Å²) in [7, 11) is 0. The lowest BCUT2D eigenvalue weighted by atomic mass is 9.99. The Kier molecular flexibility index (Phi) is 6.12. The van der Waals surface area contributed by atoms with Gasteiger partial charge in [-0.15, -0.1) is 0 Å². The fourth-order valence-electron chi connectivity index (χ4n) is 2.98. The van der Waals surface area contributed by atoms with Crippen LogP contribution in [0.15, 0.2) is 60.9 Å². The molecule has 0 aliphatic rings. The van der Waals surface area contributed by atoms with Crippen LogP contribution in [-0.2, 0) is 19.3 Å². The van der Waals surface area contributed by atoms with Gasteiger partial charge in [-0.3, -0.25) is 0 Å². The number of benzene rings is 2. The lowest BCUT2D eigenvalue weighted by molar-refractivity contribution is 0.391. The van der Waals surface area contributed by atoms with E-state index in [1.54, 1.807) is 0 Å². The molecule has 0 aliphatic heterocycles. The average Bonchev–Trinajstić information content (AvgIpc) is 3.00. The number of aryl methyl sites for hydroxylation is 3. The summed E-state index contributed by atoms with van der Waals surface area (Å²) in [6.45, 7) is 5.65. The van der Waals surface area contributed by atoms with Gasteiger partial charge in [0.25, 0.3) is 0 Å². The summed E-state index contributed by atoms with van der Waals surface area (Å²) in [4.78, 5) is 1.17. The Morgan fingerprint density at radius 2 is 1.69 bits per heavy atom. The van der Waals surface area contributed by atoms with Crippen molar-refractivity contribution in [2.45, 2.75) is 32.6 Å². The van der Waals surface area contributed by atoms with Crippen molar-refractivity contribution in [2.24, 2.45) is 0 Å². The summed E-state index contributed by atoms with van der Waals surface area (Å²) < 4.78 is 4.38. The highest BCUT2D eigenvalue weighted by Gasteiger charge is 2.15. The molecule has 1 aromatic heterocycles. The molecule has 3 aromatic rings. The van der Waals surface area contributed by atoms with Gasteiger partial charge in [-0.2, -0.15) is 4.37 Å². The second-order valence-corrected chi connectivity index (χ2v) is 7.61. The van der Waals surface area contributed by atoms with Crippen molar-refractivity contribution in [2.75, 3.05) is 0 Å². The number of hydrogen-bond donors (Lipinski definition) is 1. The Morgan fingerprint density at radius 3 is 2.35 bits per heavy atom. The van der Waals surface area contributed by atoms with Crippen LogP contribution >= 0.6 is 23.1 Å². The second-order valence-electron chi connectivity index (χ2n) is 6.48. The minimum atomic E-state index is 0.234. The molecule has 1 heterocycles. The van der Waals surface area contributed by atoms with Crippen molar-refractivity contribution in [1.82, 2.24) is 4.37 Å². The largest absolute Gasteiger partial charge is 0.513 e. The van der Waals surface area contributed by atoms with Gasteiger partial charge < -0.3 is 5.11 Å². The molecule has 2 aromatic carbocycles. The molecule has 0 aliphatic carbocycles. The van der Waals surface area contributed by atoms with Crippen LogP contribution in [0, 0.1) is 6.92 Å². The zero-order valence-electron chi connectivity index (χ0n) is 14.8. The van der Waals surface area contributed by atoms with E-state index < -0.39 is 0 Å². The molecule has 0 radical (unpaired) electrons. The van der Waals surface area contributed by atoms with Crippen molar-refractivity contribution in [3.05, 3.63) is 88.3 Å². The number of aliphatic hydroxyl groups excluding tert-OH is 1. The number of aliphatic hydroxyl groups is 1. The predicted octanol–water partition coefficient (Wildman–Crippen LogP) is 6.56. The SMILES string of the molecule is C=C(O)CCc1ccc(CCc2c(Cl)nsc2-c2ccccc2C)cc1. The maximum atomic E-state index is 9.21. The quantitative estimate of drug-likeness (QED) is 0.468. The molecule has 0 saturated carbocycles. The highest BCUT2D eigenvalue weighted by atomic mass is 35.5. The number of halogens is 1. The van der Waals surface area contributed by atoms with Gasteiger partial charge in [-0.1, -0.05) is 66.7 Å². The van der Waals surface area contributed by atoms with Gasteiger partial charge in [0, 0.05) is 12.0 Å². The van der Waals surface area contributed by atoms with Crippen LogP contribution < -0.4 is 0 Å². The van der Waals surface area contributed by atoms with E-state index in [2.05, 4.69) is 66.4 Å². The summed E-state index contributed by atoms with van der Waals surface area (Å²) in [5, 5.41) is 9.83. The molecule has 0 unspecified atom stereocenters. The van der Waals surface area contributed by atoms with Gasteiger partial charge in [0.15, 0.2) is 0 Å². The molecule has 0 fully saturated rings. The molecule has 0 amide bonds. The van der Waals surface area contributed by atoms with E-state index in [0.717, 1.165) is 24.8 Å². The standard InChI is InChI=1S/C22H22ClNOS/c1-15-5-3-4-6-19(15)21-20(22(23)24-26-21)14-13-18-11-9-17(10-12-18)8-7-16(2)25/h3-6,9-12,25H,2,7-8,13-14H2,1H3. The van der Waals surface area contributed by atoms with E-state index in [9.17, 15) is 5.11 Å². The normalized spacial score (nSPS) is 10.8. The summed E-state index contributed by atoms with van der Waals surface area (Å²) in [5.74, 6) is 0.234. The number of allylic oxidation sites excluding steroid dienone is 1. The van der Waals surface area contributed by atoms with Crippen molar-refractivity contribution < 1.29 is 5.11 Å². The molecular formula is C22H22ClNOS. The van der Waals surface area contributed by atoms with Gasteiger partial charge in [-0.05, 0) is 60.0 Å². The highest BCUT2D eigenvalue weighted by Crippen LogP contribution is 2.35. The topological polar surface area (TPSA) is 33.1 Å². The molecule has 0 bridgehead atoms. The van der Waals surface area contributed by atoms with Crippen LogP contribution in [0.3, 0.4) is 0 Å². The molecule has 3 rings (SSSR count). The zero-order valence-corrected chi connectivity index (χ0v) is 16.4. The molecule has 0 atom stereocenters. The van der Waals surface area contributed by atoms with Crippen LogP contribution in [-0.4, -0.2) is 9.48 Å². The first-order chi connectivity index (χ1) is 12.5. The average molecular weight is 384 g/mol. The fraction of sp³-hybridized carbons (Fsp3) is 0.227. The first kappa shape index (κ1) is 18.7. The van der Waals surface area contributed by atoms with Crippen LogP contribution in [0.4, 0.5) is 0 Å². The van der Waals surface area contributed by atoms with Crippen LogP contribution in [0.1, 0.15) is 28.7 Å². The maximum absolute atomic E-state index is 9.21. The first-order valence-electron chi connectivity index (χ1n) is 8.69. The lowest BCUT2D eigenvalue weighted by Gasteiger charge is -2.08. The Labute approximate surface area is 164 Å². The summed E-state index contributed by atoms with van der Waals surface area (Å²) in [5.41, 5.74) is 6.07. The predicted molar refractivity (Wildman–Crippen MR) is 111 cm³/mol. The maximum Gasteiger partial charge on any atom is 0.146 e. The number of aromatic nitrogens is 1. The summed E-state index contributed by atoms with van der Waals surface area (Å²) in [6.07, 6.45) is 3.21. The summed E-state index contributed by atoms with van der Waals surface area (Å²) >= 11 is 7.85.